The summed E-state index contributed by atoms with van der Waals surface area (Å²) in [6.07, 6.45) is 1.31. The largest absolute Gasteiger partial charge is 0.482 e. The molecule has 0 atom stereocenters. The van der Waals surface area contributed by atoms with E-state index in [0.717, 1.165) is 17.0 Å². The molecule has 0 spiro atoms. The smallest absolute Gasteiger partial charge is 0.343 e. The maximum atomic E-state index is 13.1. The molecule has 1 fully saturated rings. The van der Waals surface area contributed by atoms with Gasteiger partial charge in [0, 0.05) is 0 Å². The van der Waals surface area contributed by atoms with Crippen molar-refractivity contribution in [2.24, 2.45) is 0 Å². The minimum absolute atomic E-state index is 0.124. The third kappa shape index (κ3) is 4.46. The maximum Gasteiger partial charge on any atom is 0.343 e. The van der Waals surface area contributed by atoms with Gasteiger partial charge in [0.2, 0.25) is 0 Å². The molecule has 2 aromatic carbocycles. The van der Waals surface area contributed by atoms with Gasteiger partial charge in [0.15, 0.2) is 6.61 Å². The zero-order valence-electron chi connectivity index (χ0n) is 15.2. The van der Waals surface area contributed by atoms with Crippen LogP contribution in [0, 0.1) is 5.82 Å². The van der Waals surface area contributed by atoms with Crippen molar-refractivity contribution in [3.63, 3.8) is 0 Å². The Labute approximate surface area is 164 Å². The first-order valence-corrected chi connectivity index (χ1v) is 8.36. The molecular weight excluding hydrogens is 383 g/mol. The highest BCUT2D eigenvalue weighted by Crippen LogP contribution is 2.22. The number of amides is 4. The fourth-order valence-corrected chi connectivity index (χ4v) is 2.51. The molecule has 3 rings (SSSR count). The van der Waals surface area contributed by atoms with Crippen LogP contribution in [0.1, 0.15) is 5.56 Å². The van der Waals surface area contributed by atoms with E-state index in [4.69, 9.17) is 4.74 Å². The third-order valence-corrected chi connectivity index (χ3v) is 3.96. The lowest BCUT2D eigenvalue weighted by molar-refractivity contribution is -0.143. The van der Waals surface area contributed by atoms with Crippen LogP contribution < -0.4 is 15.0 Å². The Bertz CT molecular complexity index is 999. The summed E-state index contributed by atoms with van der Waals surface area (Å²) in [5.74, 6) is -2.35. The van der Waals surface area contributed by atoms with Crippen LogP contribution in [-0.2, 0) is 19.1 Å². The lowest BCUT2D eigenvalue weighted by Gasteiger charge is -2.26. The molecule has 1 heterocycles. The number of anilines is 1. The van der Waals surface area contributed by atoms with Crippen molar-refractivity contribution in [1.29, 1.82) is 0 Å². The molecule has 9 heteroatoms. The van der Waals surface area contributed by atoms with Crippen molar-refractivity contribution in [2.45, 2.75) is 0 Å². The van der Waals surface area contributed by atoms with Crippen LogP contribution in [0.2, 0.25) is 0 Å². The number of urea groups is 1. The Hall–Kier alpha value is -4.01. The van der Waals surface area contributed by atoms with E-state index in [0.29, 0.717) is 11.3 Å². The Balaban J connectivity index is 1.82. The highest BCUT2D eigenvalue weighted by molar-refractivity contribution is 6.39. The molecule has 0 saturated carbocycles. The molecule has 0 bridgehead atoms. The van der Waals surface area contributed by atoms with Gasteiger partial charge in [-0.1, -0.05) is 12.1 Å². The van der Waals surface area contributed by atoms with Gasteiger partial charge in [0.1, 0.15) is 17.1 Å². The minimum atomic E-state index is -0.921. The van der Waals surface area contributed by atoms with Crippen LogP contribution in [0.15, 0.2) is 54.1 Å². The summed E-state index contributed by atoms with van der Waals surface area (Å²) in [5, 5.41) is 2.08. The minimum Gasteiger partial charge on any atom is -0.482 e. The molecule has 0 aliphatic carbocycles. The Morgan fingerprint density at radius 1 is 1.07 bits per heavy atom. The molecule has 1 N–H and O–H groups in total. The van der Waals surface area contributed by atoms with Crippen molar-refractivity contribution in [3.8, 4) is 5.75 Å². The summed E-state index contributed by atoms with van der Waals surface area (Å²) >= 11 is 0. The number of imide groups is 2. The number of carbonyl (C=O) groups excluding carboxylic acids is 4. The van der Waals surface area contributed by atoms with E-state index in [-0.39, 0.29) is 17.9 Å². The zero-order valence-corrected chi connectivity index (χ0v) is 15.2. The second-order valence-corrected chi connectivity index (χ2v) is 5.87. The molecule has 0 unspecified atom stereocenters. The Kier molecular flexibility index (Phi) is 5.68. The van der Waals surface area contributed by atoms with E-state index in [9.17, 15) is 23.6 Å². The number of rotatable bonds is 5. The fraction of sp³-hybridized carbons (Fsp3) is 0.100. The van der Waals surface area contributed by atoms with Gasteiger partial charge in [0.25, 0.3) is 11.8 Å². The molecule has 148 valence electrons. The zero-order chi connectivity index (χ0) is 21.0. The maximum absolute atomic E-state index is 13.1. The van der Waals surface area contributed by atoms with Crippen LogP contribution in [0.3, 0.4) is 0 Å². The topological polar surface area (TPSA) is 102 Å². The number of hydrogen-bond donors (Lipinski definition) is 1. The van der Waals surface area contributed by atoms with E-state index < -0.39 is 29.6 Å². The summed E-state index contributed by atoms with van der Waals surface area (Å²) in [6, 6.07) is 10.0. The highest BCUT2D eigenvalue weighted by atomic mass is 19.1. The number of esters is 1. The molecule has 1 saturated heterocycles. The summed E-state index contributed by atoms with van der Waals surface area (Å²) in [7, 11) is 1.24. The lowest BCUT2D eigenvalue weighted by atomic mass is 10.1. The van der Waals surface area contributed by atoms with E-state index in [1.165, 1.54) is 25.3 Å². The predicted molar refractivity (Wildman–Crippen MR) is 99.4 cm³/mol. The number of nitrogens with zero attached hydrogens (tertiary/aromatic N) is 1. The number of methoxy groups -OCH3 is 1. The van der Waals surface area contributed by atoms with E-state index in [1.54, 1.807) is 24.3 Å². The average Bonchev–Trinajstić information content (AvgIpc) is 2.71. The van der Waals surface area contributed by atoms with E-state index >= 15 is 0 Å². The molecule has 1 aliphatic rings. The summed E-state index contributed by atoms with van der Waals surface area (Å²) in [5.41, 5.74) is 0.346. The summed E-state index contributed by atoms with van der Waals surface area (Å²) in [4.78, 5) is 48.8. The molecule has 4 amide bonds. The Morgan fingerprint density at radius 3 is 2.34 bits per heavy atom. The van der Waals surface area contributed by atoms with Crippen LogP contribution >= 0.6 is 0 Å². The predicted octanol–water partition coefficient (Wildman–Crippen LogP) is 2.04. The number of benzene rings is 2. The number of nitrogens with one attached hydrogen (secondary N) is 1. The van der Waals surface area contributed by atoms with E-state index in [1.807, 2.05) is 0 Å². The number of ether oxygens (including phenoxy) is 2. The molecule has 1 aliphatic heterocycles. The molecular formula is C20H15FN2O6. The number of barbiturate groups is 1. The SMILES string of the molecule is COC(=O)COc1ccc(/C=C2\C(=O)NC(=O)N(c3ccc(F)cc3)C2=O)cc1. The van der Waals surface area contributed by atoms with Gasteiger partial charge < -0.3 is 9.47 Å². The standard InChI is InChI=1S/C20H15FN2O6/c1-28-17(24)11-29-15-8-2-12(3-9-15)10-16-18(25)22-20(27)23(19(16)26)14-6-4-13(21)5-7-14/h2-10H,11H2,1H3,(H,22,25,27)/b16-10+. The van der Waals surface area contributed by atoms with Crippen LogP contribution in [0.4, 0.5) is 14.9 Å². The van der Waals surface area contributed by atoms with Gasteiger partial charge in [-0.05, 0) is 48.0 Å². The monoisotopic (exact) mass is 398 g/mol. The first kappa shape index (κ1) is 19.7. The van der Waals surface area contributed by atoms with Crippen LogP contribution in [-0.4, -0.2) is 37.5 Å². The average molecular weight is 398 g/mol. The second kappa shape index (κ2) is 8.34. The number of hydrogen-bond acceptors (Lipinski definition) is 6. The molecule has 0 radical (unpaired) electrons. The summed E-state index contributed by atoms with van der Waals surface area (Å²) in [6.45, 7) is -0.257. The van der Waals surface area contributed by atoms with Gasteiger partial charge in [-0.3, -0.25) is 14.9 Å². The molecule has 2 aromatic rings. The van der Waals surface area contributed by atoms with Crippen LogP contribution in [0.5, 0.6) is 5.75 Å². The van der Waals surface area contributed by atoms with Crippen molar-refractivity contribution in [1.82, 2.24) is 5.32 Å². The van der Waals surface area contributed by atoms with Crippen molar-refractivity contribution >= 4 is 35.6 Å². The highest BCUT2D eigenvalue weighted by Gasteiger charge is 2.36. The molecule has 0 aromatic heterocycles. The van der Waals surface area contributed by atoms with Crippen molar-refractivity contribution < 1.29 is 33.0 Å². The van der Waals surface area contributed by atoms with Crippen LogP contribution in [0.25, 0.3) is 6.08 Å². The number of halogens is 1. The third-order valence-electron chi connectivity index (χ3n) is 3.96. The lowest BCUT2D eigenvalue weighted by Crippen LogP contribution is -2.54. The second-order valence-electron chi connectivity index (χ2n) is 5.87. The van der Waals surface area contributed by atoms with Crippen molar-refractivity contribution in [3.05, 3.63) is 65.5 Å². The quantitative estimate of drug-likeness (QED) is 0.470. The molecule has 8 nitrogen and oxygen atoms in total. The first-order valence-electron chi connectivity index (χ1n) is 8.36. The first-order chi connectivity index (χ1) is 13.9. The van der Waals surface area contributed by atoms with Gasteiger partial charge in [-0.2, -0.15) is 0 Å². The van der Waals surface area contributed by atoms with E-state index in [2.05, 4.69) is 10.1 Å². The van der Waals surface area contributed by atoms with Gasteiger partial charge in [-0.15, -0.1) is 0 Å². The van der Waals surface area contributed by atoms with Crippen molar-refractivity contribution in [2.75, 3.05) is 18.6 Å². The normalized spacial score (nSPS) is 15.3. The fourth-order valence-electron chi connectivity index (χ4n) is 2.51. The van der Waals surface area contributed by atoms with Gasteiger partial charge >= 0.3 is 12.0 Å². The Morgan fingerprint density at radius 2 is 1.72 bits per heavy atom. The van der Waals surface area contributed by atoms with Gasteiger partial charge in [0.05, 0.1) is 12.8 Å². The van der Waals surface area contributed by atoms with Gasteiger partial charge in [-0.25, -0.2) is 18.9 Å². The number of carbonyl (C=O) groups is 4. The molecule has 29 heavy (non-hydrogen) atoms. The summed E-state index contributed by atoms with van der Waals surface area (Å²) < 4.78 is 22.8.